The minimum absolute atomic E-state index is 0.305. The molecule has 0 unspecified atom stereocenters. The molecule has 0 atom stereocenters. The lowest BCUT2D eigenvalue weighted by Gasteiger charge is -2.43. The van der Waals surface area contributed by atoms with Crippen LogP contribution in [0.15, 0.2) is 24.3 Å². The summed E-state index contributed by atoms with van der Waals surface area (Å²) in [4.78, 5) is 2.63. The van der Waals surface area contributed by atoms with E-state index in [9.17, 15) is 0 Å². The van der Waals surface area contributed by atoms with Gasteiger partial charge in [-0.2, -0.15) is 0 Å². The molecule has 0 spiro atoms. The molecule has 2 rings (SSSR count). The van der Waals surface area contributed by atoms with E-state index in [4.69, 9.17) is 0 Å². The highest BCUT2D eigenvalue weighted by molar-refractivity contribution is 5.24. The number of piperazine rings is 1. The lowest BCUT2D eigenvalue weighted by atomic mass is 9.98. The van der Waals surface area contributed by atoms with Crippen molar-refractivity contribution in [2.45, 2.75) is 52.0 Å². The molecule has 0 aromatic heterocycles. The van der Waals surface area contributed by atoms with E-state index in [1.807, 2.05) is 0 Å². The van der Waals surface area contributed by atoms with Crippen LogP contribution in [0, 0.1) is 0 Å². The monoisotopic (exact) mass is 274 g/mol. The number of nitrogens with one attached hydrogen (secondary N) is 1. The second kappa shape index (κ2) is 6.73. The normalized spacial score (nSPS) is 19.4. The molecule has 1 fully saturated rings. The van der Waals surface area contributed by atoms with Crippen LogP contribution in [0.2, 0.25) is 0 Å². The van der Waals surface area contributed by atoms with E-state index < -0.39 is 0 Å². The third-order valence-electron chi connectivity index (χ3n) is 4.51. The lowest BCUT2D eigenvalue weighted by Crippen LogP contribution is -2.58. The molecule has 0 saturated carbocycles. The molecule has 1 aliphatic heterocycles. The Hall–Kier alpha value is -0.860. The van der Waals surface area contributed by atoms with Gasteiger partial charge in [0.1, 0.15) is 0 Å². The molecule has 2 heteroatoms. The van der Waals surface area contributed by atoms with Crippen molar-refractivity contribution in [3.05, 3.63) is 35.4 Å². The van der Waals surface area contributed by atoms with Gasteiger partial charge in [0.25, 0.3) is 0 Å². The topological polar surface area (TPSA) is 15.3 Å². The van der Waals surface area contributed by atoms with Crippen LogP contribution in [0.1, 0.15) is 51.2 Å². The third-order valence-corrected chi connectivity index (χ3v) is 4.51. The van der Waals surface area contributed by atoms with Crippen molar-refractivity contribution >= 4 is 0 Å². The number of rotatable bonds is 5. The molecule has 2 nitrogen and oxygen atoms in total. The molecule has 112 valence electrons. The van der Waals surface area contributed by atoms with Gasteiger partial charge < -0.3 is 5.32 Å². The highest BCUT2D eigenvalue weighted by Crippen LogP contribution is 2.18. The van der Waals surface area contributed by atoms with E-state index in [0.717, 1.165) is 13.1 Å². The van der Waals surface area contributed by atoms with Crippen LogP contribution >= 0.6 is 0 Å². The largest absolute Gasteiger partial charge is 0.314 e. The van der Waals surface area contributed by atoms with E-state index >= 15 is 0 Å². The minimum Gasteiger partial charge on any atom is -0.314 e. The van der Waals surface area contributed by atoms with E-state index in [1.54, 1.807) is 0 Å². The summed E-state index contributed by atoms with van der Waals surface area (Å²) < 4.78 is 0. The Morgan fingerprint density at radius 3 is 2.50 bits per heavy atom. The SMILES string of the molecule is CC(C)c1ccc(CCCN2CCNCC2(C)C)cc1. The van der Waals surface area contributed by atoms with E-state index in [-0.39, 0.29) is 0 Å². The molecule has 20 heavy (non-hydrogen) atoms. The van der Waals surface area contributed by atoms with Gasteiger partial charge in [0.2, 0.25) is 0 Å². The van der Waals surface area contributed by atoms with Gasteiger partial charge in [-0.25, -0.2) is 0 Å². The summed E-state index contributed by atoms with van der Waals surface area (Å²) in [5.41, 5.74) is 3.22. The van der Waals surface area contributed by atoms with Crippen molar-refractivity contribution in [1.82, 2.24) is 10.2 Å². The van der Waals surface area contributed by atoms with Crippen molar-refractivity contribution in [2.24, 2.45) is 0 Å². The Labute approximate surface area is 124 Å². The second-order valence-corrected chi connectivity index (χ2v) is 6.98. The van der Waals surface area contributed by atoms with Crippen LogP contribution < -0.4 is 5.32 Å². The molecule has 1 aromatic rings. The number of hydrogen-bond donors (Lipinski definition) is 1. The standard InChI is InChI=1S/C18H30N2/c1-15(2)17-9-7-16(8-10-17)6-5-12-20-13-11-19-14-18(20,3)4/h7-10,15,19H,5-6,11-14H2,1-4H3. The number of hydrogen-bond acceptors (Lipinski definition) is 2. The fraction of sp³-hybridized carbons (Fsp3) is 0.667. The number of aryl methyl sites for hydroxylation is 1. The molecule has 0 bridgehead atoms. The molecule has 1 saturated heterocycles. The highest BCUT2D eigenvalue weighted by atomic mass is 15.2. The maximum absolute atomic E-state index is 3.49. The molecule has 1 N–H and O–H groups in total. The summed E-state index contributed by atoms with van der Waals surface area (Å²) in [7, 11) is 0. The van der Waals surface area contributed by atoms with Crippen LogP contribution in [0.25, 0.3) is 0 Å². The van der Waals surface area contributed by atoms with E-state index in [1.165, 1.54) is 37.1 Å². The first kappa shape index (κ1) is 15.5. The van der Waals surface area contributed by atoms with Crippen LogP contribution in [-0.4, -0.2) is 36.6 Å². The van der Waals surface area contributed by atoms with Gasteiger partial charge >= 0.3 is 0 Å². The van der Waals surface area contributed by atoms with Crippen LogP contribution in [0.5, 0.6) is 0 Å². The maximum atomic E-state index is 3.49. The summed E-state index contributed by atoms with van der Waals surface area (Å²) in [5, 5.41) is 3.49. The average Bonchev–Trinajstić information content (AvgIpc) is 2.41. The van der Waals surface area contributed by atoms with Crippen molar-refractivity contribution in [3.8, 4) is 0 Å². The van der Waals surface area contributed by atoms with Gasteiger partial charge in [-0.3, -0.25) is 4.90 Å². The zero-order chi connectivity index (χ0) is 14.6. The fourth-order valence-electron chi connectivity index (χ4n) is 2.98. The maximum Gasteiger partial charge on any atom is 0.0278 e. The Kier molecular flexibility index (Phi) is 5.22. The van der Waals surface area contributed by atoms with Crippen molar-refractivity contribution in [3.63, 3.8) is 0 Å². The quantitative estimate of drug-likeness (QED) is 0.885. The Balaban J connectivity index is 1.80. The van der Waals surface area contributed by atoms with Gasteiger partial charge in [0.05, 0.1) is 0 Å². The third kappa shape index (κ3) is 4.07. The Morgan fingerprint density at radius 1 is 1.20 bits per heavy atom. The van der Waals surface area contributed by atoms with Gasteiger partial charge in [-0.1, -0.05) is 38.1 Å². The van der Waals surface area contributed by atoms with Crippen molar-refractivity contribution in [2.75, 3.05) is 26.2 Å². The number of nitrogens with zero attached hydrogens (tertiary/aromatic N) is 1. The molecule has 1 aliphatic rings. The molecular formula is C18H30N2. The zero-order valence-corrected chi connectivity index (χ0v) is 13.6. The smallest absolute Gasteiger partial charge is 0.0278 e. The van der Waals surface area contributed by atoms with E-state index in [0.29, 0.717) is 11.5 Å². The molecular weight excluding hydrogens is 244 g/mol. The Bertz CT molecular complexity index is 406. The van der Waals surface area contributed by atoms with Gasteiger partial charge in [0, 0.05) is 25.2 Å². The summed E-state index contributed by atoms with van der Waals surface area (Å²) in [6, 6.07) is 9.18. The predicted molar refractivity (Wildman–Crippen MR) is 87.4 cm³/mol. The minimum atomic E-state index is 0.305. The molecule has 0 aliphatic carbocycles. The zero-order valence-electron chi connectivity index (χ0n) is 13.6. The summed E-state index contributed by atoms with van der Waals surface area (Å²) in [6.45, 7) is 13.8. The average molecular weight is 274 g/mol. The van der Waals surface area contributed by atoms with E-state index in [2.05, 4.69) is 62.2 Å². The van der Waals surface area contributed by atoms with Crippen LogP contribution in [0.4, 0.5) is 0 Å². The first-order chi connectivity index (χ1) is 9.49. The summed E-state index contributed by atoms with van der Waals surface area (Å²) >= 11 is 0. The summed E-state index contributed by atoms with van der Waals surface area (Å²) in [6.07, 6.45) is 2.45. The Morgan fingerprint density at radius 2 is 1.90 bits per heavy atom. The van der Waals surface area contributed by atoms with Gasteiger partial charge in [-0.05, 0) is 50.3 Å². The molecule has 1 aromatic carbocycles. The van der Waals surface area contributed by atoms with Crippen LogP contribution in [-0.2, 0) is 6.42 Å². The van der Waals surface area contributed by atoms with Crippen molar-refractivity contribution < 1.29 is 0 Å². The fourth-order valence-corrected chi connectivity index (χ4v) is 2.98. The molecule has 0 radical (unpaired) electrons. The van der Waals surface area contributed by atoms with Gasteiger partial charge in [-0.15, -0.1) is 0 Å². The number of benzene rings is 1. The predicted octanol–water partition coefficient (Wildman–Crippen LogP) is 3.43. The summed E-state index contributed by atoms with van der Waals surface area (Å²) in [5.74, 6) is 0.630. The van der Waals surface area contributed by atoms with Crippen LogP contribution in [0.3, 0.4) is 0 Å². The first-order valence-corrected chi connectivity index (χ1v) is 8.04. The second-order valence-electron chi connectivity index (χ2n) is 6.98. The molecule has 1 heterocycles. The first-order valence-electron chi connectivity index (χ1n) is 8.04. The highest BCUT2D eigenvalue weighted by Gasteiger charge is 2.28. The molecule has 0 amide bonds. The van der Waals surface area contributed by atoms with Gasteiger partial charge in [0.15, 0.2) is 0 Å². The lowest BCUT2D eigenvalue weighted by molar-refractivity contribution is 0.0895. The van der Waals surface area contributed by atoms with Crippen molar-refractivity contribution in [1.29, 1.82) is 0 Å².